The van der Waals surface area contributed by atoms with Crippen LogP contribution < -0.4 is 5.32 Å². The molecule has 32 heavy (non-hydrogen) atoms. The van der Waals surface area contributed by atoms with Crippen molar-refractivity contribution in [3.8, 4) is 0 Å². The van der Waals surface area contributed by atoms with Crippen molar-refractivity contribution in [1.29, 1.82) is 0 Å². The number of sulfone groups is 1. The van der Waals surface area contributed by atoms with E-state index in [1.807, 2.05) is 49.4 Å². The Kier molecular flexibility index (Phi) is 5.79. The molecule has 0 saturated carbocycles. The molecular weight excluding hydrogens is 446 g/mol. The smallest absolute Gasteiger partial charge is 0.306 e. The van der Waals surface area contributed by atoms with E-state index in [-0.39, 0.29) is 4.90 Å². The average Bonchev–Trinajstić information content (AvgIpc) is 3.13. The standard InChI is InChI=1S/C24H22ClN3O3S/c1-24(18-7-4-3-5-8-18)16-28(27-22(24)17-11-13-19(25)14-12-17)23(29)26-20-9-6-10-21(15-20)32(2,30)31/h3-15H,16H2,1-2H3,(H,26,29). The van der Waals surface area contributed by atoms with Crippen molar-refractivity contribution in [2.45, 2.75) is 17.2 Å². The van der Waals surface area contributed by atoms with E-state index in [9.17, 15) is 13.2 Å². The van der Waals surface area contributed by atoms with Gasteiger partial charge < -0.3 is 5.32 Å². The molecule has 1 aliphatic heterocycles. The van der Waals surface area contributed by atoms with E-state index < -0.39 is 21.3 Å². The van der Waals surface area contributed by atoms with Crippen LogP contribution in [0.2, 0.25) is 5.02 Å². The number of amides is 2. The molecule has 0 aromatic heterocycles. The number of carbonyl (C=O) groups excluding carboxylic acids is 1. The molecule has 1 aliphatic rings. The lowest BCUT2D eigenvalue weighted by Crippen LogP contribution is -2.38. The Balaban J connectivity index is 1.68. The summed E-state index contributed by atoms with van der Waals surface area (Å²) in [5, 5.41) is 9.42. The highest BCUT2D eigenvalue weighted by Crippen LogP contribution is 2.35. The van der Waals surface area contributed by atoms with Crippen molar-refractivity contribution in [2.75, 3.05) is 18.1 Å². The van der Waals surface area contributed by atoms with Gasteiger partial charge in [-0.25, -0.2) is 18.2 Å². The lowest BCUT2D eigenvalue weighted by molar-refractivity contribution is 0.214. The summed E-state index contributed by atoms with van der Waals surface area (Å²) in [4.78, 5) is 13.2. The van der Waals surface area contributed by atoms with Crippen LogP contribution in [0.4, 0.5) is 10.5 Å². The van der Waals surface area contributed by atoms with Gasteiger partial charge in [-0.1, -0.05) is 60.1 Å². The van der Waals surface area contributed by atoms with Crippen molar-refractivity contribution in [3.63, 3.8) is 0 Å². The summed E-state index contributed by atoms with van der Waals surface area (Å²) in [6.45, 7) is 2.37. The van der Waals surface area contributed by atoms with Gasteiger partial charge in [0.25, 0.3) is 0 Å². The molecule has 1 unspecified atom stereocenters. The molecule has 3 aromatic carbocycles. The van der Waals surface area contributed by atoms with E-state index in [1.54, 1.807) is 24.3 Å². The van der Waals surface area contributed by atoms with Crippen LogP contribution in [-0.2, 0) is 15.3 Å². The zero-order chi connectivity index (χ0) is 22.9. The Bertz CT molecular complexity index is 1290. The van der Waals surface area contributed by atoms with Gasteiger partial charge in [-0.05, 0) is 48.4 Å². The fraction of sp³-hybridized carbons (Fsp3) is 0.167. The summed E-state index contributed by atoms with van der Waals surface area (Å²) in [5.41, 5.74) is 2.49. The second-order valence-corrected chi connectivity index (χ2v) is 10.4. The number of nitrogens with zero attached hydrogens (tertiary/aromatic N) is 2. The molecule has 6 nitrogen and oxygen atoms in total. The summed E-state index contributed by atoms with van der Waals surface area (Å²) in [6.07, 6.45) is 1.13. The minimum absolute atomic E-state index is 0.135. The molecule has 0 aliphatic carbocycles. The minimum atomic E-state index is -3.39. The SMILES string of the molecule is CC1(c2ccccc2)CN(C(=O)Nc2cccc(S(C)(=O)=O)c2)N=C1c1ccc(Cl)cc1. The molecule has 0 bridgehead atoms. The van der Waals surface area contributed by atoms with E-state index in [1.165, 1.54) is 17.1 Å². The molecule has 164 valence electrons. The number of urea groups is 1. The molecule has 4 rings (SSSR count). The molecule has 8 heteroatoms. The van der Waals surface area contributed by atoms with Crippen LogP contribution in [0.3, 0.4) is 0 Å². The van der Waals surface area contributed by atoms with Crippen LogP contribution in [-0.4, -0.2) is 38.0 Å². The van der Waals surface area contributed by atoms with E-state index >= 15 is 0 Å². The molecule has 1 N–H and O–H groups in total. The summed E-state index contributed by atoms with van der Waals surface area (Å²) in [6, 6.07) is 23.0. The maximum absolute atomic E-state index is 13.1. The highest BCUT2D eigenvalue weighted by molar-refractivity contribution is 7.90. The van der Waals surface area contributed by atoms with Gasteiger partial charge in [0.15, 0.2) is 9.84 Å². The maximum atomic E-state index is 13.1. The van der Waals surface area contributed by atoms with Gasteiger partial charge in [0, 0.05) is 17.0 Å². The predicted molar refractivity (Wildman–Crippen MR) is 127 cm³/mol. The molecule has 0 saturated heterocycles. The van der Waals surface area contributed by atoms with Crippen LogP contribution in [0.25, 0.3) is 0 Å². The molecule has 2 amide bonds. The third-order valence-electron chi connectivity index (χ3n) is 5.49. The number of rotatable bonds is 4. The Morgan fingerprint density at radius 1 is 1.03 bits per heavy atom. The van der Waals surface area contributed by atoms with Gasteiger partial charge in [-0.2, -0.15) is 5.10 Å². The van der Waals surface area contributed by atoms with Crippen molar-refractivity contribution >= 4 is 38.9 Å². The summed E-state index contributed by atoms with van der Waals surface area (Å²) >= 11 is 6.06. The van der Waals surface area contributed by atoms with Crippen molar-refractivity contribution in [1.82, 2.24) is 5.01 Å². The molecule has 0 fully saturated rings. The average molecular weight is 468 g/mol. The number of anilines is 1. The third kappa shape index (κ3) is 4.40. The first kappa shape index (κ1) is 22.0. The maximum Gasteiger partial charge on any atom is 0.342 e. The first-order valence-corrected chi connectivity index (χ1v) is 12.2. The fourth-order valence-corrected chi connectivity index (χ4v) is 4.56. The van der Waals surface area contributed by atoms with Crippen LogP contribution >= 0.6 is 11.6 Å². The molecule has 1 heterocycles. The number of benzene rings is 3. The Labute approximate surface area is 192 Å². The Morgan fingerprint density at radius 2 is 1.72 bits per heavy atom. The van der Waals surface area contributed by atoms with E-state index in [2.05, 4.69) is 10.4 Å². The van der Waals surface area contributed by atoms with Crippen molar-refractivity contribution in [2.24, 2.45) is 5.10 Å². The minimum Gasteiger partial charge on any atom is -0.306 e. The monoisotopic (exact) mass is 467 g/mol. The van der Waals surface area contributed by atoms with Gasteiger partial charge in [0.1, 0.15) is 0 Å². The molecule has 3 aromatic rings. The summed E-state index contributed by atoms with van der Waals surface area (Å²) < 4.78 is 23.7. The van der Waals surface area contributed by atoms with E-state index in [0.29, 0.717) is 17.3 Å². The zero-order valence-electron chi connectivity index (χ0n) is 17.6. The Morgan fingerprint density at radius 3 is 2.38 bits per heavy atom. The van der Waals surface area contributed by atoms with Gasteiger partial charge >= 0.3 is 6.03 Å². The second-order valence-electron chi connectivity index (χ2n) is 7.94. The Hall–Kier alpha value is -3.16. The lowest BCUT2D eigenvalue weighted by Gasteiger charge is -2.27. The number of hydrogen-bond acceptors (Lipinski definition) is 4. The fourth-order valence-electron chi connectivity index (χ4n) is 3.77. The normalized spacial score (nSPS) is 18.3. The lowest BCUT2D eigenvalue weighted by atomic mass is 9.76. The second kappa shape index (κ2) is 8.41. The quantitative estimate of drug-likeness (QED) is 0.589. The number of hydrogen-bond donors (Lipinski definition) is 1. The van der Waals surface area contributed by atoms with E-state index in [0.717, 1.165) is 23.1 Å². The number of nitrogens with one attached hydrogen (secondary N) is 1. The van der Waals surface area contributed by atoms with Crippen molar-refractivity contribution in [3.05, 3.63) is 95.0 Å². The molecule has 1 atom stereocenters. The number of hydrazone groups is 1. The topological polar surface area (TPSA) is 78.8 Å². The first-order valence-electron chi connectivity index (χ1n) is 9.96. The summed E-state index contributed by atoms with van der Waals surface area (Å²) in [5.74, 6) is 0. The van der Waals surface area contributed by atoms with Crippen LogP contribution in [0, 0.1) is 0 Å². The first-order chi connectivity index (χ1) is 15.2. The zero-order valence-corrected chi connectivity index (χ0v) is 19.2. The third-order valence-corrected chi connectivity index (χ3v) is 6.85. The highest BCUT2D eigenvalue weighted by atomic mass is 35.5. The van der Waals surface area contributed by atoms with Gasteiger partial charge in [0.05, 0.1) is 22.6 Å². The van der Waals surface area contributed by atoms with E-state index in [4.69, 9.17) is 11.6 Å². The van der Waals surface area contributed by atoms with Crippen molar-refractivity contribution < 1.29 is 13.2 Å². The van der Waals surface area contributed by atoms with Gasteiger partial charge in [-0.15, -0.1) is 0 Å². The summed E-state index contributed by atoms with van der Waals surface area (Å²) in [7, 11) is -3.39. The van der Waals surface area contributed by atoms with Crippen LogP contribution in [0.15, 0.2) is 88.9 Å². The van der Waals surface area contributed by atoms with Gasteiger partial charge in [0.2, 0.25) is 0 Å². The molecule has 0 spiro atoms. The number of halogens is 1. The van der Waals surface area contributed by atoms with Gasteiger partial charge in [-0.3, -0.25) is 0 Å². The van der Waals surface area contributed by atoms with Crippen LogP contribution in [0.5, 0.6) is 0 Å². The predicted octanol–water partition coefficient (Wildman–Crippen LogP) is 4.95. The molecular formula is C24H22ClN3O3S. The largest absolute Gasteiger partial charge is 0.342 e. The number of carbonyl (C=O) groups is 1. The highest BCUT2D eigenvalue weighted by Gasteiger charge is 2.42. The molecule has 0 radical (unpaired) electrons. The van der Waals surface area contributed by atoms with Crippen LogP contribution in [0.1, 0.15) is 18.1 Å².